The highest BCUT2D eigenvalue weighted by atomic mass is 32.2. The van der Waals surface area contributed by atoms with E-state index in [2.05, 4.69) is 14.9 Å². The molecule has 3 N–H and O–H groups in total. The van der Waals surface area contributed by atoms with Gasteiger partial charge >= 0.3 is 0 Å². The minimum absolute atomic E-state index is 0.00227. The fraction of sp³-hybridized carbons (Fsp3) is 0.100. The van der Waals surface area contributed by atoms with Gasteiger partial charge in [0.1, 0.15) is 4.88 Å². The minimum atomic E-state index is -3.74. The van der Waals surface area contributed by atoms with Crippen LogP contribution in [0.3, 0.4) is 0 Å². The number of aromatic nitrogens is 2. The molecule has 0 radical (unpaired) electrons. The predicted molar refractivity (Wildman–Crippen MR) is 70.4 cm³/mol. The van der Waals surface area contributed by atoms with E-state index in [4.69, 9.17) is 5.14 Å². The molecule has 0 aliphatic carbocycles. The summed E-state index contributed by atoms with van der Waals surface area (Å²) in [4.78, 5) is 12.2. The quantitative estimate of drug-likeness (QED) is 0.867. The second kappa shape index (κ2) is 5.03. The molecule has 2 aromatic rings. The molecule has 1 heterocycles. The number of primary sulfonamides is 1. The standard InChI is InChI=1S/C10H10N4O3S2/c1-6-4-7(19(11,16)17)2-3-8(6)13-10(15)9-5-12-14-18-9/h2-5H,1H3,(H,13,15)(H2,11,16,17). The third-order valence-corrected chi connectivity index (χ3v) is 3.93. The van der Waals surface area contributed by atoms with E-state index in [0.717, 1.165) is 11.5 Å². The van der Waals surface area contributed by atoms with E-state index in [1.807, 2.05) is 0 Å². The van der Waals surface area contributed by atoms with Crippen LogP contribution in [0.4, 0.5) is 5.69 Å². The fourth-order valence-corrected chi connectivity index (χ4v) is 2.41. The number of carbonyl (C=O) groups excluding carboxylic acids is 1. The van der Waals surface area contributed by atoms with Gasteiger partial charge in [-0.1, -0.05) is 4.49 Å². The maximum atomic E-state index is 11.8. The molecule has 0 atom stereocenters. The van der Waals surface area contributed by atoms with E-state index >= 15 is 0 Å². The molecule has 0 saturated heterocycles. The summed E-state index contributed by atoms with van der Waals surface area (Å²) in [5.41, 5.74) is 1.10. The second-order valence-corrected chi connectivity index (χ2v) is 6.10. The Kier molecular flexibility index (Phi) is 3.60. The molecule has 1 amide bonds. The summed E-state index contributed by atoms with van der Waals surface area (Å²) in [6.07, 6.45) is 1.36. The van der Waals surface area contributed by atoms with E-state index in [9.17, 15) is 13.2 Å². The Morgan fingerprint density at radius 3 is 2.68 bits per heavy atom. The molecular formula is C10H10N4O3S2. The number of rotatable bonds is 3. The smallest absolute Gasteiger partial charge is 0.269 e. The van der Waals surface area contributed by atoms with Crippen molar-refractivity contribution in [2.24, 2.45) is 5.14 Å². The maximum Gasteiger partial charge on any atom is 0.269 e. The summed E-state index contributed by atoms with van der Waals surface area (Å²) >= 11 is 0.975. The average Bonchev–Trinajstić information content (AvgIpc) is 2.84. The van der Waals surface area contributed by atoms with Crippen LogP contribution in [-0.4, -0.2) is 23.9 Å². The average molecular weight is 298 g/mol. The summed E-state index contributed by atoms with van der Waals surface area (Å²) in [5, 5.41) is 11.2. The van der Waals surface area contributed by atoms with Crippen LogP contribution in [0.2, 0.25) is 0 Å². The van der Waals surface area contributed by atoms with Gasteiger partial charge in [-0.25, -0.2) is 13.6 Å². The van der Waals surface area contributed by atoms with Crippen LogP contribution in [0.1, 0.15) is 15.2 Å². The number of aryl methyl sites for hydroxylation is 1. The minimum Gasteiger partial charge on any atom is -0.321 e. The van der Waals surface area contributed by atoms with Crippen LogP contribution in [0.5, 0.6) is 0 Å². The van der Waals surface area contributed by atoms with Gasteiger partial charge in [-0.05, 0) is 42.2 Å². The highest BCUT2D eigenvalue weighted by molar-refractivity contribution is 7.89. The summed E-state index contributed by atoms with van der Waals surface area (Å²) in [6, 6.07) is 4.22. The number of sulfonamides is 1. The van der Waals surface area contributed by atoms with Crippen molar-refractivity contribution >= 4 is 33.2 Å². The molecule has 1 aromatic carbocycles. The van der Waals surface area contributed by atoms with Crippen LogP contribution in [0.25, 0.3) is 0 Å². The predicted octanol–water partition coefficient (Wildman–Crippen LogP) is 0.746. The van der Waals surface area contributed by atoms with E-state index in [1.54, 1.807) is 6.92 Å². The molecule has 7 nitrogen and oxygen atoms in total. The number of carbonyl (C=O) groups is 1. The molecule has 0 unspecified atom stereocenters. The first-order chi connectivity index (χ1) is 8.88. The summed E-state index contributed by atoms with van der Waals surface area (Å²) in [5.74, 6) is -0.346. The van der Waals surface area contributed by atoms with Gasteiger partial charge in [0.15, 0.2) is 0 Å². The number of nitrogens with two attached hydrogens (primary N) is 1. The molecule has 19 heavy (non-hydrogen) atoms. The molecule has 1 aromatic heterocycles. The second-order valence-electron chi connectivity index (χ2n) is 3.76. The first-order valence-electron chi connectivity index (χ1n) is 5.10. The lowest BCUT2D eigenvalue weighted by molar-refractivity contribution is 0.103. The largest absolute Gasteiger partial charge is 0.321 e. The molecule has 0 bridgehead atoms. The molecular weight excluding hydrogens is 288 g/mol. The van der Waals surface area contributed by atoms with Gasteiger partial charge < -0.3 is 5.32 Å². The molecule has 0 saturated carbocycles. The van der Waals surface area contributed by atoms with Gasteiger partial charge in [0.2, 0.25) is 10.0 Å². The van der Waals surface area contributed by atoms with Gasteiger partial charge in [-0.15, -0.1) is 5.10 Å². The highest BCUT2D eigenvalue weighted by Crippen LogP contribution is 2.19. The Morgan fingerprint density at radius 1 is 1.42 bits per heavy atom. The van der Waals surface area contributed by atoms with Gasteiger partial charge in [-0.2, -0.15) is 0 Å². The van der Waals surface area contributed by atoms with Crippen LogP contribution in [-0.2, 0) is 10.0 Å². The number of amides is 1. The Labute approximate surface area is 113 Å². The summed E-state index contributed by atoms with van der Waals surface area (Å²) in [6.45, 7) is 1.68. The Bertz CT molecular complexity index is 710. The van der Waals surface area contributed by atoms with Crippen molar-refractivity contribution in [3.63, 3.8) is 0 Å². The normalized spacial score (nSPS) is 11.3. The number of hydrogen-bond donors (Lipinski definition) is 2. The van der Waals surface area contributed by atoms with Crippen LogP contribution < -0.4 is 10.5 Å². The van der Waals surface area contributed by atoms with Crippen LogP contribution in [0, 0.1) is 6.92 Å². The first-order valence-corrected chi connectivity index (χ1v) is 7.42. The zero-order valence-corrected chi connectivity index (χ0v) is 11.5. The Hall–Kier alpha value is -1.84. The van der Waals surface area contributed by atoms with Gasteiger partial charge in [0, 0.05) is 5.69 Å². The van der Waals surface area contributed by atoms with E-state index < -0.39 is 10.0 Å². The SMILES string of the molecule is Cc1cc(S(N)(=O)=O)ccc1NC(=O)c1cnns1. The fourth-order valence-electron chi connectivity index (χ4n) is 1.40. The van der Waals surface area contributed by atoms with Crippen molar-refractivity contribution in [1.82, 2.24) is 9.59 Å². The van der Waals surface area contributed by atoms with E-state index in [1.165, 1.54) is 24.4 Å². The van der Waals surface area contributed by atoms with E-state index in [0.29, 0.717) is 16.1 Å². The molecule has 2 rings (SSSR count). The van der Waals surface area contributed by atoms with Crippen molar-refractivity contribution in [3.8, 4) is 0 Å². The van der Waals surface area contributed by atoms with E-state index in [-0.39, 0.29) is 10.8 Å². The zero-order chi connectivity index (χ0) is 14.0. The highest BCUT2D eigenvalue weighted by Gasteiger charge is 2.13. The van der Waals surface area contributed by atoms with Crippen LogP contribution >= 0.6 is 11.5 Å². The Morgan fingerprint density at radius 2 is 2.16 bits per heavy atom. The van der Waals surface area contributed by atoms with Crippen molar-refractivity contribution in [2.75, 3.05) is 5.32 Å². The first kappa shape index (κ1) is 13.6. The van der Waals surface area contributed by atoms with Crippen molar-refractivity contribution in [2.45, 2.75) is 11.8 Å². The van der Waals surface area contributed by atoms with Crippen LogP contribution in [0.15, 0.2) is 29.3 Å². The van der Waals surface area contributed by atoms with Gasteiger partial charge in [0.25, 0.3) is 5.91 Å². The topological polar surface area (TPSA) is 115 Å². The number of nitrogens with one attached hydrogen (secondary N) is 1. The third-order valence-electron chi connectivity index (χ3n) is 2.36. The maximum absolute atomic E-state index is 11.8. The third kappa shape index (κ3) is 3.13. The molecule has 0 fully saturated rings. The van der Waals surface area contributed by atoms with Crippen molar-refractivity contribution in [1.29, 1.82) is 0 Å². The summed E-state index contributed by atoms with van der Waals surface area (Å²) in [7, 11) is -3.74. The Balaban J connectivity index is 2.25. The van der Waals surface area contributed by atoms with Gasteiger partial charge in [0.05, 0.1) is 11.1 Å². The molecule has 0 aliphatic heterocycles. The lowest BCUT2D eigenvalue weighted by Gasteiger charge is -2.08. The molecule has 0 spiro atoms. The number of nitrogens with zero attached hydrogens (tertiary/aromatic N) is 2. The molecule has 100 valence electrons. The lowest BCUT2D eigenvalue weighted by atomic mass is 10.2. The monoisotopic (exact) mass is 298 g/mol. The number of hydrogen-bond acceptors (Lipinski definition) is 6. The number of benzene rings is 1. The zero-order valence-electron chi connectivity index (χ0n) is 9.82. The summed E-state index contributed by atoms with van der Waals surface area (Å²) < 4.78 is 26.0. The lowest BCUT2D eigenvalue weighted by Crippen LogP contribution is -2.14. The van der Waals surface area contributed by atoms with Crippen molar-refractivity contribution in [3.05, 3.63) is 34.8 Å². The van der Waals surface area contributed by atoms with Crippen molar-refractivity contribution < 1.29 is 13.2 Å². The molecule has 9 heteroatoms. The van der Waals surface area contributed by atoms with Gasteiger partial charge in [-0.3, -0.25) is 4.79 Å². The number of anilines is 1. The molecule has 0 aliphatic rings.